The van der Waals surface area contributed by atoms with Crippen molar-refractivity contribution in [2.75, 3.05) is 7.11 Å². The fourth-order valence-corrected chi connectivity index (χ4v) is 0.337. The van der Waals surface area contributed by atoms with E-state index in [2.05, 4.69) is 25.6 Å². The van der Waals surface area contributed by atoms with Gasteiger partial charge in [-0.3, -0.25) is 0 Å². The van der Waals surface area contributed by atoms with Crippen LogP contribution in [0, 0.1) is 0 Å². The molecule has 1 heterocycles. The van der Waals surface area contributed by atoms with Gasteiger partial charge in [0.1, 0.15) is 5.21 Å². The van der Waals surface area contributed by atoms with Crippen LogP contribution in [0.5, 0.6) is 0 Å². The van der Waals surface area contributed by atoms with E-state index in [4.69, 9.17) is 0 Å². The average molecular weight is 116 g/mol. The SMILES string of the molecule is COC[n+]1nnn[nH]1. The Bertz CT molecular complexity index is 136. The molecule has 0 aliphatic rings. The van der Waals surface area contributed by atoms with Gasteiger partial charge in [-0.25, -0.2) is 0 Å². The van der Waals surface area contributed by atoms with Gasteiger partial charge in [-0.1, -0.05) is 0 Å². The number of methoxy groups -OCH3 is 1. The zero-order valence-electron chi connectivity index (χ0n) is 4.40. The largest absolute Gasteiger partial charge is 0.348 e. The summed E-state index contributed by atoms with van der Waals surface area (Å²) in [7, 11) is 1.56. The smallest absolute Gasteiger partial charge is 0.231 e. The van der Waals surface area contributed by atoms with Gasteiger partial charge in [0.25, 0.3) is 0 Å². The first-order chi connectivity index (χ1) is 3.93. The molecule has 1 aromatic heterocycles. The predicted octanol–water partition coefficient (Wildman–Crippen LogP) is -1.91. The molecule has 0 amide bonds. The molecule has 1 aromatic rings. The molecule has 44 valence electrons. The third kappa shape index (κ3) is 0.969. The Kier molecular flexibility index (Phi) is 1.48. The lowest BCUT2D eigenvalue weighted by Crippen LogP contribution is -2.39. The minimum absolute atomic E-state index is 0.354. The van der Waals surface area contributed by atoms with Crippen LogP contribution in [0.4, 0.5) is 0 Å². The normalized spacial score (nSPS) is 9.62. The number of aromatic amines is 1. The predicted molar refractivity (Wildman–Crippen MR) is 21.4 cm³/mol. The summed E-state index contributed by atoms with van der Waals surface area (Å²) in [6.45, 7) is 0.354. The molecule has 1 N–H and O–H groups in total. The van der Waals surface area contributed by atoms with Gasteiger partial charge in [-0.2, -0.15) is 0 Å². The lowest BCUT2D eigenvalue weighted by atomic mass is 11.3. The summed E-state index contributed by atoms with van der Waals surface area (Å²) >= 11 is 0. The van der Waals surface area contributed by atoms with E-state index in [0.29, 0.717) is 6.73 Å². The number of nitrogens with zero attached hydrogens (tertiary/aromatic N) is 4. The van der Waals surface area contributed by atoms with E-state index < -0.39 is 0 Å². The van der Waals surface area contributed by atoms with Crippen molar-refractivity contribution in [3.8, 4) is 0 Å². The molecule has 0 unspecified atom stereocenters. The van der Waals surface area contributed by atoms with Crippen LogP contribution in [0.15, 0.2) is 0 Å². The molecule has 0 aliphatic carbocycles. The van der Waals surface area contributed by atoms with Crippen molar-refractivity contribution in [2.24, 2.45) is 0 Å². The third-order valence-corrected chi connectivity index (χ3v) is 0.604. The highest BCUT2D eigenvalue weighted by molar-refractivity contribution is 3.74. The van der Waals surface area contributed by atoms with Gasteiger partial charge in [-0.05, 0) is 10.0 Å². The van der Waals surface area contributed by atoms with E-state index >= 15 is 0 Å². The van der Waals surface area contributed by atoms with Crippen LogP contribution in [-0.2, 0) is 11.5 Å². The molecule has 0 saturated carbocycles. The fourth-order valence-electron chi connectivity index (χ4n) is 0.337. The first-order valence-corrected chi connectivity index (χ1v) is 2.06. The molecule has 0 radical (unpaired) electrons. The van der Waals surface area contributed by atoms with Crippen molar-refractivity contribution < 1.29 is 9.53 Å². The zero-order chi connectivity index (χ0) is 5.82. The van der Waals surface area contributed by atoms with Gasteiger partial charge in [0.15, 0.2) is 0 Å². The number of ether oxygens (including phenoxy) is 1. The van der Waals surface area contributed by atoms with E-state index in [-0.39, 0.29) is 0 Å². The molecule has 0 saturated heterocycles. The molecule has 6 nitrogen and oxygen atoms in total. The number of hydrogen-bond donors (Lipinski definition) is 1. The van der Waals surface area contributed by atoms with Crippen LogP contribution in [-0.4, -0.2) is 28.0 Å². The second-order valence-corrected chi connectivity index (χ2v) is 1.20. The van der Waals surface area contributed by atoms with E-state index in [0.717, 1.165) is 0 Å². The maximum absolute atomic E-state index is 4.68. The molecule has 8 heavy (non-hydrogen) atoms. The summed E-state index contributed by atoms with van der Waals surface area (Å²) in [5.41, 5.74) is 0. The standard InChI is InChI=1S/C2H5N5O/c1-8-2-7-5-3-4-6-7/h2H2,1H3/p+1. The first-order valence-electron chi connectivity index (χ1n) is 2.06. The summed E-state index contributed by atoms with van der Waals surface area (Å²) in [6.07, 6.45) is 0. The second kappa shape index (κ2) is 2.31. The van der Waals surface area contributed by atoms with Gasteiger partial charge in [0.05, 0.1) is 0 Å². The van der Waals surface area contributed by atoms with Gasteiger partial charge in [0.2, 0.25) is 17.2 Å². The zero-order valence-corrected chi connectivity index (χ0v) is 4.40. The highest BCUT2D eigenvalue weighted by Gasteiger charge is 1.95. The number of aromatic nitrogens is 5. The molecule has 1 rings (SSSR count). The summed E-state index contributed by atoms with van der Waals surface area (Å²) in [6, 6.07) is 0. The molecule has 0 spiro atoms. The number of rotatable bonds is 2. The van der Waals surface area contributed by atoms with Crippen molar-refractivity contribution >= 4 is 0 Å². The average Bonchev–Trinajstić information content (AvgIpc) is 2.19. The number of H-pyrrole nitrogens is 1. The molecule has 0 bridgehead atoms. The van der Waals surface area contributed by atoms with Crippen LogP contribution in [0.25, 0.3) is 0 Å². The fraction of sp³-hybridized carbons (Fsp3) is 1.00. The topological polar surface area (TPSA) is 67.6 Å². The van der Waals surface area contributed by atoms with Crippen LogP contribution in [0.3, 0.4) is 0 Å². The third-order valence-electron chi connectivity index (χ3n) is 0.604. The van der Waals surface area contributed by atoms with Gasteiger partial charge < -0.3 is 4.74 Å². The van der Waals surface area contributed by atoms with E-state index in [9.17, 15) is 0 Å². The van der Waals surface area contributed by atoms with Gasteiger partial charge >= 0.3 is 0 Å². The lowest BCUT2D eigenvalue weighted by Gasteiger charge is -1.84. The molecular formula is C2H6N5O+. The highest BCUT2D eigenvalue weighted by atomic mass is 16.5. The van der Waals surface area contributed by atoms with E-state index in [1.54, 1.807) is 7.11 Å². The Labute approximate surface area is 45.4 Å². The monoisotopic (exact) mass is 116 g/mol. The minimum Gasteiger partial charge on any atom is -0.348 e. The van der Waals surface area contributed by atoms with Crippen LogP contribution in [0.1, 0.15) is 0 Å². The molecule has 6 heteroatoms. The van der Waals surface area contributed by atoms with Crippen molar-refractivity contribution in [1.82, 2.24) is 20.9 Å². The van der Waals surface area contributed by atoms with Crippen LogP contribution >= 0.6 is 0 Å². The summed E-state index contributed by atoms with van der Waals surface area (Å²) in [5, 5.41) is 12.5. The Morgan fingerprint density at radius 2 is 2.62 bits per heavy atom. The minimum atomic E-state index is 0.354. The maximum atomic E-state index is 4.68. The maximum Gasteiger partial charge on any atom is 0.231 e. The molecule has 0 fully saturated rings. The Hall–Kier alpha value is -1.04. The highest BCUT2D eigenvalue weighted by Crippen LogP contribution is 1.55. The summed E-state index contributed by atoms with van der Waals surface area (Å²) in [4.78, 5) is 1.36. The van der Waals surface area contributed by atoms with Crippen molar-refractivity contribution in [1.29, 1.82) is 0 Å². The van der Waals surface area contributed by atoms with Crippen molar-refractivity contribution in [3.05, 3.63) is 0 Å². The van der Waals surface area contributed by atoms with E-state index in [1.165, 1.54) is 4.80 Å². The van der Waals surface area contributed by atoms with Crippen molar-refractivity contribution in [3.63, 3.8) is 0 Å². The first kappa shape index (κ1) is 5.10. The van der Waals surface area contributed by atoms with Crippen LogP contribution < -0.4 is 4.80 Å². The number of hydrogen-bond acceptors (Lipinski definition) is 4. The Morgan fingerprint density at radius 3 is 3.12 bits per heavy atom. The van der Waals surface area contributed by atoms with E-state index in [1.807, 2.05) is 0 Å². The van der Waals surface area contributed by atoms with Gasteiger partial charge in [-0.15, -0.1) is 0 Å². The Balaban J connectivity index is 2.50. The molecule has 0 aromatic carbocycles. The van der Waals surface area contributed by atoms with Gasteiger partial charge in [0, 0.05) is 7.11 Å². The van der Waals surface area contributed by atoms with Crippen LogP contribution in [0.2, 0.25) is 0 Å². The molecule has 0 atom stereocenters. The quantitative estimate of drug-likeness (QED) is 0.458. The summed E-state index contributed by atoms with van der Waals surface area (Å²) in [5.74, 6) is 0. The molecule has 0 aliphatic heterocycles. The van der Waals surface area contributed by atoms with Crippen molar-refractivity contribution in [2.45, 2.75) is 6.73 Å². The second-order valence-electron chi connectivity index (χ2n) is 1.20. The summed E-state index contributed by atoms with van der Waals surface area (Å²) < 4.78 is 4.68. The lowest BCUT2D eigenvalue weighted by molar-refractivity contribution is -0.834. The molecular weight excluding hydrogens is 110 g/mol. The number of nitrogens with one attached hydrogen (secondary N) is 1. The Morgan fingerprint density at radius 1 is 1.75 bits per heavy atom.